The molecule has 5 heteroatoms. The first-order chi connectivity index (χ1) is 7.19. The molecule has 0 aliphatic carbocycles. The molecule has 1 N–H and O–H groups in total. The first-order valence-electron chi connectivity index (χ1n) is 4.40. The molecule has 1 amide bonds. The van der Waals surface area contributed by atoms with Gasteiger partial charge in [0.15, 0.2) is 0 Å². The first-order valence-corrected chi connectivity index (χ1v) is 5.20. The lowest BCUT2D eigenvalue weighted by atomic mass is 10.1. The summed E-state index contributed by atoms with van der Waals surface area (Å²) in [4.78, 5) is 11.6. The topological polar surface area (TPSA) is 47.6 Å². The largest absolute Gasteiger partial charge is 0.496 e. The van der Waals surface area contributed by atoms with Gasteiger partial charge in [-0.2, -0.15) is 0 Å². The summed E-state index contributed by atoms with van der Waals surface area (Å²) >= 11 is 3.34. The summed E-state index contributed by atoms with van der Waals surface area (Å²) in [6.07, 6.45) is 0. The molecule has 0 radical (unpaired) electrons. The molecule has 0 fully saturated rings. The Kier molecular flexibility index (Phi) is 2.56. The van der Waals surface area contributed by atoms with Gasteiger partial charge >= 0.3 is 0 Å². The summed E-state index contributed by atoms with van der Waals surface area (Å²) in [6.45, 7) is 0.487. The van der Waals surface area contributed by atoms with Gasteiger partial charge in [0.25, 0.3) is 5.91 Å². The van der Waals surface area contributed by atoms with Crippen LogP contribution < -0.4 is 14.8 Å². The Morgan fingerprint density at radius 2 is 2.13 bits per heavy atom. The van der Waals surface area contributed by atoms with Gasteiger partial charge in [-0.05, 0) is 22.0 Å². The van der Waals surface area contributed by atoms with Crippen LogP contribution in [0.25, 0.3) is 0 Å². The van der Waals surface area contributed by atoms with E-state index in [1.807, 2.05) is 0 Å². The molecule has 0 saturated heterocycles. The third kappa shape index (κ3) is 1.47. The minimum atomic E-state index is -0.124. The van der Waals surface area contributed by atoms with Gasteiger partial charge in [-0.15, -0.1) is 0 Å². The fraction of sp³-hybridized carbons (Fsp3) is 0.300. The van der Waals surface area contributed by atoms with Crippen LogP contribution in [0.1, 0.15) is 15.9 Å². The lowest BCUT2D eigenvalue weighted by Crippen LogP contribution is -2.13. The van der Waals surface area contributed by atoms with Crippen molar-refractivity contribution >= 4 is 21.8 Å². The molecule has 80 valence electrons. The molecule has 1 aliphatic heterocycles. The average molecular weight is 272 g/mol. The van der Waals surface area contributed by atoms with E-state index < -0.39 is 0 Å². The van der Waals surface area contributed by atoms with E-state index in [-0.39, 0.29) is 5.91 Å². The van der Waals surface area contributed by atoms with Crippen LogP contribution in [0.15, 0.2) is 10.5 Å². The molecule has 1 heterocycles. The molecule has 4 nitrogen and oxygen atoms in total. The van der Waals surface area contributed by atoms with Crippen molar-refractivity contribution in [3.05, 3.63) is 21.7 Å². The maximum atomic E-state index is 11.6. The molecule has 0 atom stereocenters. The summed E-state index contributed by atoms with van der Waals surface area (Å²) in [5.74, 6) is 1.12. The van der Waals surface area contributed by atoms with Crippen molar-refractivity contribution in [1.82, 2.24) is 5.32 Å². The predicted octanol–water partition coefficient (Wildman–Crippen LogP) is 1.71. The van der Waals surface area contributed by atoms with E-state index in [2.05, 4.69) is 21.2 Å². The molecule has 15 heavy (non-hydrogen) atoms. The minimum Gasteiger partial charge on any atom is -0.496 e. The number of halogens is 1. The number of carbonyl (C=O) groups excluding carboxylic acids is 1. The Morgan fingerprint density at radius 1 is 1.40 bits per heavy atom. The Hall–Kier alpha value is -1.23. The molecule has 0 bridgehead atoms. The zero-order valence-corrected chi connectivity index (χ0v) is 9.97. The van der Waals surface area contributed by atoms with Gasteiger partial charge in [0.05, 0.1) is 24.3 Å². The van der Waals surface area contributed by atoms with Gasteiger partial charge in [-0.25, -0.2) is 0 Å². The quantitative estimate of drug-likeness (QED) is 0.891. The van der Waals surface area contributed by atoms with E-state index in [4.69, 9.17) is 9.47 Å². The minimum absolute atomic E-state index is 0.124. The molecular weight excluding hydrogens is 262 g/mol. The van der Waals surface area contributed by atoms with E-state index >= 15 is 0 Å². The highest BCUT2D eigenvalue weighted by Gasteiger charge is 2.28. The molecular formula is C10H10BrNO3. The fourth-order valence-electron chi connectivity index (χ4n) is 1.70. The van der Waals surface area contributed by atoms with E-state index in [0.29, 0.717) is 23.6 Å². The Labute approximate surface area is 95.7 Å². The van der Waals surface area contributed by atoms with E-state index in [9.17, 15) is 4.79 Å². The third-order valence-electron chi connectivity index (χ3n) is 2.38. The van der Waals surface area contributed by atoms with Gasteiger partial charge in [0.1, 0.15) is 11.5 Å². The van der Waals surface area contributed by atoms with Crippen molar-refractivity contribution in [3.63, 3.8) is 0 Å². The second-order valence-electron chi connectivity index (χ2n) is 3.13. The Morgan fingerprint density at radius 3 is 2.73 bits per heavy atom. The number of fused-ring (bicyclic) bond motifs is 1. The molecule has 0 aromatic heterocycles. The summed E-state index contributed by atoms with van der Waals surface area (Å²) in [5, 5.41) is 2.74. The highest BCUT2D eigenvalue weighted by atomic mass is 79.9. The molecule has 0 spiro atoms. The Balaban J connectivity index is 2.71. The molecule has 0 unspecified atom stereocenters. The SMILES string of the molecule is COc1cc(Br)c(OC)c2c1CNC2=O. The molecule has 0 saturated carbocycles. The van der Waals surface area contributed by atoms with Crippen molar-refractivity contribution in [2.24, 2.45) is 0 Å². The number of methoxy groups -OCH3 is 2. The standard InChI is InChI=1S/C10H10BrNO3/c1-14-7-3-6(11)9(15-2)8-5(7)4-12-10(8)13/h3H,4H2,1-2H3,(H,12,13). The zero-order valence-electron chi connectivity index (χ0n) is 8.39. The van der Waals surface area contributed by atoms with Crippen molar-refractivity contribution < 1.29 is 14.3 Å². The first kappa shape index (κ1) is 10.3. The molecule has 1 aromatic carbocycles. The fourth-order valence-corrected chi connectivity index (χ4v) is 2.27. The number of nitrogens with one attached hydrogen (secondary N) is 1. The van der Waals surface area contributed by atoms with Gasteiger partial charge in [-0.3, -0.25) is 4.79 Å². The maximum Gasteiger partial charge on any atom is 0.255 e. The van der Waals surface area contributed by atoms with Crippen LogP contribution in [0, 0.1) is 0 Å². The van der Waals surface area contributed by atoms with Crippen molar-refractivity contribution in [3.8, 4) is 11.5 Å². The number of hydrogen-bond acceptors (Lipinski definition) is 3. The average Bonchev–Trinajstić information content (AvgIpc) is 2.60. The predicted molar refractivity (Wildman–Crippen MR) is 58.4 cm³/mol. The van der Waals surface area contributed by atoms with Crippen molar-refractivity contribution in [2.45, 2.75) is 6.54 Å². The number of amides is 1. The lowest BCUT2D eigenvalue weighted by Gasteiger charge is -2.11. The van der Waals surface area contributed by atoms with E-state index in [1.165, 1.54) is 0 Å². The smallest absolute Gasteiger partial charge is 0.255 e. The zero-order chi connectivity index (χ0) is 11.0. The summed E-state index contributed by atoms with van der Waals surface area (Å²) in [7, 11) is 3.12. The molecule has 1 aliphatic rings. The highest BCUT2D eigenvalue weighted by molar-refractivity contribution is 9.10. The second kappa shape index (κ2) is 3.73. The van der Waals surface area contributed by atoms with Gasteiger partial charge in [0.2, 0.25) is 0 Å². The van der Waals surface area contributed by atoms with Crippen LogP contribution >= 0.6 is 15.9 Å². The van der Waals surface area contributed by atoms with Crippen LogP contribution in [0.2, 0.25) is 0 Å². The van der Waals surface area contributed by atoms with E-state index in [1.54, 1.807) is 20.3 Å². The highest BCUT2D eigenvalue weighted by Crippen LogP contribution is 2.39. The summed E-state index contributed by atoms with van der Waals surface area (Å²) in [6, 6.07) is 1.80. The number of hydrogen-bond donors (Lipinski definition) is 1. The summed E-state index contributed by atoms with van der Waals surface area (Å²) < 4.78 is 11.1. The normalized spacial score (nSPS) is 13.4. The van der Waals surface area contributed by atoms with E-state index in [0.717, 1.165) is 10.0 Å². The van der Waals surface area contributed by atoms with Crippen LogP contribution in [0.5, 0.6) is 11.5 Å². The molecule has 2 rings (SSSR count). The monoisotopic (exact) mass is 271 g/mol. The number of ether oxygens (including phenoxy) is 2. The van der Waals surface area contributed by atoms with Crippen LogP contribution in [-0.4, -0.2) is 20.1 Å². The third-order valence-corrected chi connectivity index (χ3v) is 2.97. The second-order valence-corrected chi connectivity index (χ2v) is 3.98. The van der Waals surface area contributed by atoms with Crippen LogP contribution in [-0.2, 0) is 6.54 Å². The van der Waals surface area contributed by atoms with Gasteiger partial charge < -0.3 is 14.8 Å². The lowest BCUT2D eigenvalue weighted by molar-refractivity contribution is 0.0963. The van der Waals surface area contributed by atoms with Crippen LogP contribution in [0.3, 0.4) is 0 Å². The molecule has 1 aromatic rings. The van der Waals surface area contributed by atoms with Gasteiger partial charge in [-0.1, -0.05) is 0 Å². The number of benzene rings is 1. The van der Waals surface area contributed by atoms with Crippen molar-refractivity contribution in [1.29, 1.82) is 0 Å². The maximum absolute atomic E-state index is 11.6. The number of rotatable bonds is 2. The van der Waals surface area contributed by atoms with Crippen molar-refractivity contribution in [2.75, 3.05) is 14.2 Å². The number of carbonyl (C=O) groups is 1. The Bertz CT molecular complexity index is 431. The van der Waals surface area contributed by atoms with Gasteiger partial charge in [0, 0.05) is 12.1 Å². The summed E-state index contributed by atoms with van der Waals surface area (Å²) in [5.41, 5.74) is 1.41. The van der Waals surface area contributed by atoms with Crippen LogP contribution in [0.4, 0.5) is 0 Å².